The average molecular weight is 297 g/mol. The molecule has 4 heteroatoms. The fraction of sp³-hybridized carbons (Fsp3) is 0.562. The van der Waals surface area contributed by atoms with E-state index in [1.807, 2.05) is 24.3 Å². The highest BCUT2D eigenvalue weighted by Gasteiger charge is 2.21. The van der Waals surface area contributed by atoms with Crippen LogP contribution in [0.25, 0.3) is 0 Å². The molecule has 20 heavy (non-hydrogen) atoms. The smallest absolute Gasteiger partial charge is 0.251 e. The minimum atomic E-state index is 0. The summed E-state index contributed by atoms with van der Waals surface area (Å²) in [5, 5.41) is 3.07. The van der Waals surface area contributed by atoms with Crippen molar-refractivity contribution in [3.05, 3.63) is 35.4 Å². The van der Waals surface area contributed by atoms with Gasteiger partial charge in [-0.25, -0.2) is 0 Å². The summed E-state index contributed by atoms with van der Waals surface area (Å²) in [5.41, 5.74) is 7.32. The molecule has 1 aromatic carbocycles. The Morgan fingerprint density at radius 1 is 1.25 bits per heavy atom. The minimum Gasteiger partial charge on any atom is -0.352 e. The molecule has 2 rings (SSSR count). The van der Waals surface area contributed by atoms with Gasteiger partial charge in [0.15, 0.2) is 0 Å². The highest BCUT2D eigenvalue weighted by molar-refractivity contribution is 5.94. The Morgan fingerprint density at radius 2 is 1.90 bits per heavy atom. The van der Waals surface area contributed by atoms with Crippen molar-refractivity contribution in [3.8, 4) is 0 Å². The number of hydrogen-bond donors (Lipinski definition) is 2. The summed E-state index contributed by atoms with van der Waals surface area (Å²) >= 11 is 0. The van der Waals surface area contributed by atoms with Crippen molar-refractivity contribution in [1.29, 1.82) is 0 Å². The minimum absolute atomic E-state index is 0. The molecule has 2 atom stereocenters. The number of hydrogen-bond acceptors (Lipinski definition) is 2. The third-order valence-corrected chi connectivity index (χ3v) is 4.27. The second-order valence-electron chi connectivity index (χ2n) is 5.63. The van der Waals surface area contributed by atoms with E-state index in [2.05, 4.69) is 12.2 Å². The van der Waals surface area contributed by atoms with E-state index in [0.717, 1.165) is 23.6 Å². The predicted molar refractivity (Wildman–Crippen MR) is 85.0 cm³/mol. The second kappa shape index (κ2) is 8.28. The van der Waals surface area contributed by atoms with Crippen LogP contribution in [0.3, 0.4) is 0 Å². The molecule has 0 aliphatic heterocycles. The van der Waals surface area contributed by atoms with Crippen LogP contribution in [-0.2, 0) is 6.54 Å². The van der Waals surface area contributed by atoms with Gasteiger partial charge in [0, 0.05) is 18.7 Å². The van der Waals surface area contributed by atoms with Gasteiger partial charge in [0.2, 0.25) is 0 Å². The van der Waals surface area contributed by atoms with Gasteiger partial charge in [-0.3, -0.25) is 4.79 Å². The largest absolute Gasteiger partial charge is 0.352 e. The second-order valence-corrected chi connectivity index (χ2v) is 5.63. The maximum atomic E-state index is 12.1. The lowest BCUT2D eigenvalue weighted by molar-refractivity contribution is 0.0936. The van der Waals surface area contributed by atoms with Gasteiger partial charge in [0.1, 0.15) is 0 Å². The van der Waals surface area contributed by atoms with Gasteiger partial charge < -0.3 is 11.1 Å². The molecule has 3 N–H and O–H groups in total. The van der Waals surface area contributed by atoms with Crippen molar-refractivity contribution in [2.45, 2.75) is 39.2 Å². The van der Waals surface area contributed by atoms with Crippen molar-refractivity contribution < 1.29 is 4.79 Å². The number of amides is 1. The van der Waals surface area contributed by atoms with Gasteiger partial charge in [-0.15, -0.1) is 12.4 Å². The third kappa shape index (κ3) is 4.50. The van der Waals surface area contributed by atoms with Crippen LogP contribution in [0.5, 0.6) is 0 Å². The summed E-state index contributed by atoms with van der Waals surface area (Å²) < 4.78 is 0. The number of halogens is 1. The zero-order valence-electron chi connectivity index (χ0n) is 12.1. The van der Waals surface area contributed by atoms with E-state index in [1.54, 1.807) is 0 Å². The van der Waals surface area contributed by atoms with Crippen molar-refractivity contribution in [1.82, 2.24) is 5.32 Å². The molecule has 112 valence electrons. The first-order valence-electron chi connectivity index (χ1n) is 7.28. The first kappa shape index (κ1) is 17.0. The van der Waals surface area contributed by atoms with Crippen LogP contribution < -0.4 is 11.1 Å². The fourth-order valence-corrected chi connectivity index (χ4v) is 2.81. The number of carbonyl (C=O) groups is 1. The summed E-state index contributed by atoms with van der Waals surface area (Å²) in [6, 6.07) is 7.53. The molecule has 0 aromatic heterocycles. The van der Waals surface area contributed by atoms with E-state index in [4.69, 9.17) is 5.73 Å². The van der Waals surface area contributed by atoms with Gasteiger partial charge in [0.25, 0.3) is 5.91 Å². The van der Waals surface area contributed by atoms with Gasteiger partial charge in [-0.1, -0.05) is 38.3 Å². The lowest BCUT2D eigenvalue weighted by Gasteiger charge is -2.28. The monoisotopic (exact) mass is 296 g/mol. The van der Waals surface area contributed by atoms with E-state index >= 15 is 0 Å². The Hall–Kier alpha value is -1.06. The molecule has 0 bridgehead atoms. The van der Waals surface area contributed by atoms with E-state index in [9.17, 15) is 4.79 Å². The number of rotatable bonds is 4. The van der Waals surface area contributed by atoms with Crippen LogP contribution in [0.15, 0.2) is 24.3 Å². The highest BCUT2D eigenvalue weighted by Crippen LogP contribution is 2.28. The molecular weight excluding hydrogens is 272 g/mol. The number of nitrogens with two attached hydrogens (primary N) is 1. The molecule has 1 aromatic rings. The van der Waals surface area contributed by atoms with E-state index < -0.39 is 0 Å². The molecule has 3 nitrogen and oxygen atoms in total. The van der Waals surface area contributed by atoms with Crippen LogP contribution >= 0.6 is 12.4 Å². The summed E-state index contributed by atoms with van der Waals surface area (Å²) in [4.78, 5) is 12.1. The lowest BCUT2D eigenvalue weighted by atomic mass is 9.80. The maximum absolute atomic E-state index is 12.1. The van der Waals surface area contributed by atoms with Crippen LogP contribution in [0.1, 0.15) is 48.5 Å². The average Bonchev–Trinajstić information content (AvgIpc) is 2.46. The number of benzene rings is 1. The van der Waals surface area contributed by atoms with Gasteiger partial charge in [-0.05, 0) is 36.0 Å². The van der Waals surface area contributed by atoms with Crippen LogP contribution in [0, 0.1) is 11.8 Å². The van der Waals surface area contributed by atoms with Gasteiger partial charge in [0.05, 0.1) is 0 Å². The highest BCUT2D eigenvalue weighted by atomic mass is 35.5. The van der Waals surface area contributed by atoms with Crippen molar-refractivity contribution in [2.24, 2.45) is 17.6 Å². The lowest BCUT2D eigenvalue weighted by Crippen LogP contribution is -2.33. The standard InChI is InChI=1S/C16H24N2O.ClH/c1-12-4-2-3-5-15(12)11-18-16(19)14-8-6-13(10-17)7-9-14;/h6-9,12,15H,2-5,10-11,17H2,1H3,(H,18,19);1H. The third-order valence-electron chi connectivity index (χ3n) is 4.27. The molecule has 1 amide bonds. The van der Waals surface area contributed by atoms with Crippen molar-refractivity contribution in [2.75, 3.05) is 6.54 Å². The summed E-state index contributed by atoms with van der Waals surface area (Å²) in [5.74, 6) is 1.40. The molecule has 0 saturated heterocycles. The quantitative estimate of drug-likeness (QED) is 0.897. The Bertz CT molecular complexity index is 419. The molecule has 1 aliphatic rings. The van der Waals surface area contributed by atoms with Crippen LogP contribution in [0.4, 0.5) is 0 Å². The van der Waals surface area contributed by atoms with Crippen LogP contribution in [-0.4, -0.2) is 12.5 Å². The molecule has 2 unspecified atom stereocenters. The Balaban J connectivity index is 0.00000200. The van der Waals surface area contributed by atoms with E-state index in [-0.39, 0.29) is 18.3 Å². The SMILES string of the molecule is CC1CCCCC1CNC(=O)c1ccc(CN)cc1.Cl. The van der Waals surface area contributed by atoms with Crippen LogP contribution in [0.2, 0.25) is 0 Å². The molecule has 0 spiro atoms. The molecule has 1 saturated carbocycles. The predicted octanol–water partition coefficient (Wildman–Crippen LogP) is 3.12. The topological polar surface area (TPSA) is 55.1 Å². The van der Waals surface area contributed by atoms with E-state index in [0.29, 0.717) is 12.5 Å². The first-order chi connectivity index (χ1) is 9.20. The normalized spacial score (nSPS) is 21.9. The molecule has 1 aliphatic carbocycles. The summed E-state index contributed by atoms with van der Waals surface area (Å²) in [6.45, 7) is 3.62. The molecule has 0 heterocycles. The summed E-state index contributed by atoms with van der Waals surface area (Å²) in [6.07, 6.45) is 5.18. The first-order valence-corrected chi connectivity index (χ1v) is 7.28. The molecular formula is C16H25ClN2O. The summed E-state index contributed by atoms with van der Waals surface area (Å²) in [7, 11) is 0. The molecule has 0 radical (unpaired) electrons. The van der Waals surface area contributed by atoms with Crippen molar-refractivity contribution >= 4 is 18.3 Å². The zero-order valence-corrected chi connectivity index (χ0v) is 12.9. The van der Waals surface area contributed by atoms with E-state index in [1.165, 1.54) is 25.7 Å². The fourth-order valence-electron chi connectivity index (χ4n) is 2.81. The van der Waals surface area contributed by atoms with Gasteiger partial charge >= 0.3 is 0 Å². The molecule has 1 fully saturated rings. The van der Waals surface area contributed by atoms with Crippen molar-refractivity contribution in [3.63, 3.8) is 0 Å². The number of nitrogens with one attached hydrogen (secondary N) is 1. The Labute approximate surface area is 127 Å². The zero-order chi connectivity index (χ0) is 13.7. The van der Waals surface area contributed by atoms with Gasteiger partial charge in [-0.2, -0.15) is 0 Å². The maximum Gasteiger partial charge on any atom is 0.251 e. The Morgan fingerprint density at radius 3 is 2.50 bits per heavy atom. The Kier molecular flexibility index (Phi) is 7.03. The number of carbonyl (C=O) groups excluding carboxylic acids is 1.